The molecule has 1 aromatic carbocycles. The second kappa shape index (κ2) is 7.25. The first kappa shape index (κ1) is 19.0. The molecule has 1 amide bonds. The molecule has 1 N–H and O–H groups in total. The summed E-state index contributed by atoms with van der Waals surface area (Å²) in [5, 5.41) is 9.09. The summed E-state index contributed by atoms with van der Waals surface area (Å²) in [6, 6.07) is 6.68. The minimum Gasteiger partial charge on any atom is -0.478 e. The minimum atomic E-state index is -0.951. The Morgan fingerprint density at radius 1 is 1.28 bits per heavy atom. The van der Waals surface area contributed by atoms with Gasteiger partial charge in [-0.3, -0.25) is 4.79 Å². The van der Waals surface area contributed by atoms with Gasteiger partial charge in [0.15, 0.2) is 5.84 Å². The lowest BCUT2D eigenvalue weighted by Gasteiger charge is -2.30. The van der Waals surface area contributed by atoms with Crippen LogP contribution in [0.4, 0.5) is 0 Å². The van der Waals surface area contributed by atoms with Crippen molar-refractivity contribution in [1.82, 2.24) is 9.80 Å². The molecule has 0 spiro atoms. The highest BCUT2D eigenvalue weighted by Gasteiger charge is 2.34. The molecule has 1 aliphatic heterocycles. The van der Waals surface area contributed by atoms with Gasteiger partial charge in [-0.15, -0.1) is 0 Å². The number of hydrogen-bond acceptors (Lipinski definition) is 4. The quantitative estimate of drug-likeness (QED) is 0.890. The Bertz CT molecular complexity index is 672. The van der Waals surface area contributed by atoms with E-state index in [1.54, 1.807) is 34.1 Å². The lowest BCUT2D eigenvalue weighted by atomic mass is 9.86. The van der Waals surface area contributed by atoms with Gasteiger partial charge in [-0.1, -0.05) is 32.9 Å². The molecule has 0 aromatic heterocycles. The van der Waals surface area contributed by atoms with Gasteiger partial charge in [0.25, 0.3) is 5.91 Å². The third-order valence-corrected chi connectivity index (χ3v) is 4.33. The lowest BCUT2D eigenvalue weighted by molar-refractivity contribution is -0.125. The molecular formula is C19H27N3O3. The van der Waals surface area contributed by atoms with E-state index in [9.17, 15) is 9.59 Å². The normalized spacial score (nSPS) is 16.0. The topological polar surface area (TPSA) is 73.2 Å². The van der Waals surface area contributed by atoms with Crippen LogP contribution in [-0.4, -0.2) is 53.4 Å². The Labute approximate surface area is 149 Å². The zero-order valence-corrected chi connectivity index (χ0v) is 15.6. The summed E-state index contributed by atoms with van der Waals surface area (Å²) in [4.78, 5) is 31.7. The molecule has 1 aromatic rings. The number of benzene rings is 1. The van der Waals surface area contributed by atoms with Crippen LogP contribution in [0.5, 0.6) is 0 Å². The van der Waals surface area contributed by atoms with Gasteiger partial charge in [-0.05, 0) is 36.0 Å². The fourth-order valence-electron chi connectivity index (χ4n) is 2.90. The number of amides is 1. The summed E-state index contributed by atoms with van der Waals surface area (Å²) in [5.41, 5.74) is 1.34. The van der Waals surface area contributed by atoms with Crippen molar-refractivity contribution < 1.29 is 14.7 Å². The van der Waals surface area contributed by atoms with Gasteiger partial charge in [-0.25, -0.2) is 9.79 Å². The van der Waals surface area contributed by atoms with Crippen LogP contribution >= 0.6 is 0 Å². The molecule has 1 heterocycles. The fourth-order valence-corrected chi connectivity index (χ4v) is 2.90. The molecule has 0 fully saturated rings. The second-order valence-corrected chi connectivity index (χ2v) is 7.83. The fraction of sp³-hybridized carbons (Fsp3) is 0.526. The number of aromatic carboxylic acids is 1. The summed E-state index contributed by atoms with van der Waals surface area (Å²) in [7, 11) is 3.62. The van der Waals surface area contributed by atoms with E-state index >= 15 is 0 Å². The van der Waals surface area contributed by atoms with Crippen molar-refractivity contribution in [2.24, 2.45) is 10.4 Å². The van der Waals surface area contributed by atoms with Crippen LogP contribution < -0.4 is 0 Å². The second-order valence-electron chi connectivity index (χ2n) is 7.83. The number of carbonyl (C=O) groups is 2. The summed E-state index contributed by atoms with van der Waals surface area (Å²) in [6.07, 6.45) is 1.75. The molecule has 6 heteroatoms. The third-order valence-electron chi connectivity index (χ3n) is 4.33. The Kier molecular flexibility index (Phi) is 5.50. The van der Waals surface area contributed by atoms with Crippen molar-refractivity contribution in [1.29, 1.82) is 0 Å². The number of carbonyl (C=O) groups excluding carboxylic acids is 1. The van der Waals surface area contributed by atoms with E-state index in [4.69, 9.17) is 5.11 Å². The number of hydrogen-bond donors (Lipinski definition) is 1. The van der Waals surface area contributed by atoms with Crippen molar-refractivity contribution in [3.8, 4) is 0 Å². The highest BCUT2D eigenvalue weighted by molar-refractivity contribution is 6.38. The number of nitrogens with zero attached hydrogens (tertiary/aromatic N) is 3. The number of aliphatic imine (C=N–C) groups is 1. The zero-order chi connectivity index (χ0) is 18.8. The standard InChI is InChI=1S/C19H27N3O3/c1-19(2,3)11-10-15(13-6-8-14(9-7-13)18(24)25)22-12-20-16(17(22)23)21(4)5/h6-9,15H,10-12H2,1-5H3,(H,24,25). The Hall–Kier alpha value is -2.37. The van der Waals surface area contributed by atoms with Crippen molar-refractivity contribution >= 4 is 17.7 Å². The highest BCUT2D eigenvalue weighted by Crippen LogP contribution is 2.33. The van der Waals surface area contributed by atoms with Gasteiger partial charge in [0, 0.05) is 14.1 Å². The number of rotatable bonds is 5. The SMILES string of the molecule is CN(C)C1=NCN(C(CCC(C)(C)C)c2ccc(C(=O)O)cc2)C1=O. The predicted molar refractivity (Wildman–Crippen MR) is 97.7 cm³/mol. The van der Waals surface area contributed by atoms with Crippen LogP contribution in [-0.2, 0) is 4.79 Å². The van der Waals surface area contributed by atoms with Crippen molar-refractivity contribution in [2.75, 3.05) is 20.8 Å². The van der Waals surface area contributed by atoms with Crippen LogP contribution in [0.3, 0.4) is 0 Å². The van der Waals surface area contributed by atoms with Gasteiger partial charge in [0.2, 0.25) is 0 Å². The van der Waals surface area contributed by atoms with Crippen LogP contribution in [0.2, 0.25) is 0 Å². The molecule has 0 radical (unpaired) electrons. The van der Waals surface area contributed by atoms with Gasteiger partial charge in [-0.2, -0.15) is 0 Å². The monoisotopic (exact) mass is 345 g/mol. The molecule has 1 aliphatic rings. The van der Waals surface area contributed by atoms with Gasteiger partial charge in [0.05, 0.1) is 11.6 Å². The summed E-state index contributed by atoms with van der Waals surface area (Å²) in [6.45, 7) is 6.85. The van der Waals surface area contributed by atoms with E-state index in [-0.39, 0.29) is 22.9 Å². The third kappa shape index (κ3) is 4.59. The molecule has 1 atom stereocenters. The Morgan fingerprint density at radius 2 is 1.88 bits per heavy atom. The van der Waals surface area contributed by atoms with Crippen LogP contribution in [0.25, 0.3) is 0 Å². The largest absolute Gasteiger partial charge is 0.478 e. The zero-order valence-electron chi connectivity index (χ0n) is 15.6. The Morgan fingerprint density at radius 3 is 2.32 bits per heavy atom. The molecule has 136 valence electrons. The van der Waals surface area contributed by atoms with E-state index in [2.05, 4.69) is 25.8 Å². The number of carboxylic acids is 1. The average molecular weight is 345 g/mol. The number of carboxylic acid groups (broad SMARTS) is 1. The average Bonchev–Trinajstić information content (AvgIpc) is 2.89. The minimum absolute atomic E-state index is 0.0776. The van der Waals surface area contributed by atoms with E-state index < -0.39 is 5.97 Å². The molecule has 25 heavy (non-hydrogen) atoms. The maximum absolute atomic E-state index is 12.7. The molecule has 2 rings (SSSR count). The summed E-state index contributed by atoms with van der Waals surface area (Å²) >= 11 is 0. The van der Waals surface area contributed by atoms with Crippen LogP contribution in [0, 0.1) is 5.41 Å². The van der Waals surface area contributed by atoms with Crippen molar-refractivity contribution in [2.45, 2.75) is 39.7 Å². The molecular weight excluding hydrogens is 318 g/mol. The maximum Gasteiger partial charge on any atom is 0.335 e. The van der Waals surface area contributed by atoms with Gasteiger partial charge < -0.3 is 14.9 Å². The van der Waals surface area contributed by atoms with Crippen LogP contribution in [0.15, 0.2) is 29.3 Å². The highest BCUT2D eigenvalue weighted by atomic mass is 16.4. The van der Waals surface area contributed by atoms with E-state index in [1.165, 1.54) is 0 Å². The van der Waals surface area contributed by atoms with E-state index in [1.807, 2.05) is 14.1 Å². The molecule has 0 saturated carbocycles. The predicted octanol–water partition coefficient (Wildman–Crippen LogP) is 3.01. The summed E-state index contributed by atoms with van der Waals surface area (Å²) < 4.78 is 0. The molecule has 0 aliphatic carbocycles. The summed E-state index contributed by atoms with van der Waals surface area (Å²) in [5.74, 6) is -0.567. The van der Waals surface area contributed by atoms with E-state index in [0.717, 1.165) is 18.4 Å². The number of likely N-dealkylation sites (N-methyl/N-ethyl adjacent to an activating group) is 1. The van der Waals surface area contributed by atoms with E-state index in [0.29, 0.717) is 12.5 Å². The first-order chi connectivity index (χ1) is 11.6. The molecule has 0 saturated heterocycles. The van der Waals surface area contributed by atoms with Gasteiger partial charge >= 0.3 is 5.97 Å². The van der Waals surface area contributed by atoms with Gasteiger partial charge in [0.1, 0.15) is 6.67 Å². The first-order valence-corrected chi connectivity index (χ1v) is 8.46. The van der Waals surface area contributed by atoms with Crippen molar-refractivity contribution in [3.63, 3.8) is 0 Å². The molecule has 1 unspecified atom stereocenters. The van der Waals surface area contributed by atoms with Crippen molar-refractivity contribution in [3.05, 3.63) is 35.4 Å². The van der Waals surface area contributed by atoms with Crippen LogP contribution in [0.1, 0.15) is 55.6 Å². The number of amidine groups is 1. The smallest absolute Gasteiger partial charge is 0.335 e. The lowest BCUT2D eigenvalue weighted by Crippen LogP contribution is -2.39. The first-order valence-electron chi connectivity index (χ1n) is 8.46. The Balaban J connectivity index is 2.28. The molecule has 0 bridgehead atoms. The maximum atomic E-state index is 12.7. The molecule has 6 nitrogen and oxygen atoms in total.